The summed E-state index contributed by atoms with van der Waals surface area (Å²) in [6.07, 6.45) is -4.64. The van der Waals surface area contributed by atoms with Gasteiger partial charge in [0.15, 0.2) is 5.41 Å². The van der Waals surface area contributed by atoms with Gasteiger partial charge in [0.1, 0.15) is 6.61 Å². The molecule has 0 aliphatic carbocycles. The Morgan fingerprint density at radius 1 is 0.729 bits per heavy atom. The van der Waals surface area contributed by atoms with Crippen LogP contribution in [0.5, 0.6) is 0 Å². The Morgan fingerprint density at radius 3 is 1.92 bits per heavy atom. The minimum Gasteiger partial charge on any atom is -0.463 e. The van der Waals surface area contributed by atoms with E-state index in [9.17, 15) is 32.3 Å². The first-order chi connectivity index (χ1) is 22.9. The van der Waals surface area contributed by atoms with Crippen molar-refractivity contribution in [3.05, 3.63) is 125 Å². The first kappa shape index (κ1) is 35.4. The van der Waals surface area contributed by atoms with E-state index in [-0.39, 0.29) is 25.1 Å². The zero-order valence-electron chi connectivity index (χ0n) is 26.7. The van der Waals surface area contributed by atoms with Crippen molar-refractivity contribution in [2.45, 2.75) is 38.8 Å². The number of hydrogen-bond acceptors (Lipinski definition) is 5. The summed E-state index contributed by atoms with van der Waals surface area (Å²) < 4.78 is 44.7. The molecule has 4 rings (SSSR count). The largest absolute Gasteiger partial charge is 0.463 e. The summed E-state index contributed by atoms with van der Waals surface area (Å²) in [7, 11) is 0. The van der Waals surface area contributed by atoms with Crippen LogP contribution in [0.1, 0.15) is 46.5 Å². The number of amides is 3. The molecule has 0 saturated carbocycles. The molecular formula is C37H36F3N3O5. The van der Waals surface area contributed by atoms with Crippen molar-refractivity contribution in [3.8, 4) is 11.1 Å². The zero-order chi connectivity index (χ0) is 34.9. The third-order valence-corrected chi connectivity index (χ3v) is 7.75. The summed E-state index contributed by atoms with van der Waals surface area (Å²) in [5, 5.41) is 8.23. The van der Waals surface area contributed by atoms with Crippen LogP contribution in [-0.2, 0) is 37.1 Å². The fraction of sp³-hybridized carbons (Fsp3) is 0.243. The van der Waals surface area contributed by atoms with E-state index < -0.39 is 47.5 Å². The van der Waals surface area contributed by atoms with Gasteiger partial charge in [-0.3, -0.25) is 19.2 Å². The number of hydrogen-bond donors (Lipinski definition) is 3. The number of esters is 1. The second-order valence-corrected chi connectivity index (χ2v) is 11.1. The van der Waals surface area contributed by atoms with Crippen LogP contribution in [0.2, 0.25) is 0 Å². The number of rotatable bonds is 12. The Balaban J connectivity index is 1.48. The van der Waals surface area contributed by atoms with Crippen LogP contribution in [0.4, 0.5) is 18.9 Å². The van der Waals surface area contributed by atoms with Crippen molar-refractivity contribution in [2.24, 2.45) is 0 Å². The lowest BCUT2D eigenvalue weighted by molar-refractivity contribution is -0.150. The van der Waals surface area contributed by atoms with Crippen molar-refractivity contribution in [3.63, 3.8) is 0 Å². The number of benzene rings is 4. The van der Waals surface area contributed by atoms with Crippen molar-refractivity contribution >= 4 is 29.4 Å². The van der Waals surface area contributed by atoms with Crippen molar-refractivity contribution in [2.75, 3.05) is 25.0 Å². The number of likely N-dealkylation sites (N-methyl/N-ethyl adjacent to an activating group) is 2. The van der Waals surface area contributed by atoms with Gasteiger partial charge < -0.3 is 20.7 Å². The number of carbonyl (C=O) groups excluding carboxylic acids is 4. The van der Waals surface area contributed by atoms with Gasteiger partial charge in [0.25, 0.3) is 5.91 Å². The quantitative estimate of drug-likeness (QED) is 0.123. The molecule has 0 heterocycles. The van der Waals surface area contributed by atoms with E-state index in [4.69, 9.17) is 4.74 Å². The molecule has 0 bridgehead atoms. The number of nitrogens with one attached hydrogen (secondary N) is 3. The van der Waals surface area contributed by atoms with Crippen LogP contribution in [0, 0.1) is 6.92 Å². The van der Waals surface area contributed by atoms with E-state index >= 15 is 0 Å². The summed E-state index contributed by atoms with van der Waals surface area (Å²) in [4.78, 5) is 53.0. The molecule has 0 spiro atoms. The van der Waals surface area contributed by atoms with Crippen LogP contribution < -0.4 is 16.0 Å². The van der Waals surface area contributed by atoms with Crippen LogP contribution in [-0.4, -0.2) is 43.4 Å². The average Bonchev–Trinajstić information content (AvgIpc) is 3.06. The minimum atomic E-state index is -4.47. The molecular weight excluding hydrogens is 623 g/mol. The van der Waals surface area contributed by atoms with Gasteiger partial charge in [0.2, 0.25) is 11.8 Å². The molecule has 4 aromatic rings. The van der Waals surface area contributed by atoms with E-state index in [1.807, 2.05) is 0 Å². The molecule has 250 valence electrons. The summed E-state index contributed by atoms with van der Waals surface area (Å²) in [5.41, 5.74) is 0.663. The lowest BCUT2D eigenvalue weighted by atomic mass is 9.79. The minimum absolute atomic E-state index is 0.165. The van der Waals surface area contributed by atoms with Gasteiger partial charge in [-0.15, -0.1) is 0 Å². The summed E-state index contributed by atoms with van der Waals surface area (Å²) in [6, 6.07) is 24.6. The predicted octanol–water partition coefficient (Wildman–Crippen LogP) is 6.23. The second-order valence-electron chi connectivity index (χ2n) is 11.1. The highest BCUT2D eigenvalue weighted by molar-refractivity contribution is 6.11. The van der Waals surface area contributed by atoms with E-state index in [2.05, 4.69) is 16.0 Å². The molecule has 0 atom stereocenters. The molecule has 0 aliphatic heterocycles. The van der Waals surface area contributed by atoms with Crippen LogP contribution >= 0.6 is 0 Å². The van der Waals surface area contributed by atoms with Crippen molar-refractivity contribution in [1.82, 2.24) is 10.6 Å². The number of anilines is 1. The topological polar surface area (TPSA) is 114 Å². The number of carbonyl (C=O) groups is 4. The Kier molecular flexibility index (Phi) is 11.4. The highest BCUT2D eigenvalue weighted by Crippen LogP contribution is 2.32. The van der Waals surface area contributed by atoms with Gasteiger partial charge in [-0.1, -0.05) is 72.8 Å². The Hall–Kier alpha value is -5.45. The third-order valence-electron chi connectivity index (χ3n) is 7.75. The summed E-state index contributed by atoms with van der Waals surface area (Å²) >= 11 is 0. The SMILES string of the molecule is CCNC(=O)C(COC(=O)Cc1ccc(NC(=O)c2ccccc2-c2ccc(C(F)(F)F)cc2)c(C)c1)(C(=O)NCC)c1ccccc1. The third kappa shape index (κ3) is 8.09. The number of ether oxygens (including phenoxy) is 1. The first-order valence-corrected chi connectivity index (χ1v) is 15.4. The number of halogens is 3. The molecule has 4 aromatic carbocycles. The normalized spacial score (nSPS) is 11.4. The summed E-state index contributed by atoms with van der Waals surface area (Å²) in [6.45, 7) is 5.22. The molecule has 3 amide bonds. The molecule has 0 fully saturated rings. The molecule has 11 heteroatoms. The van der Waals surface area contributed by atoms with Crippen LogP contribution in [0.3, 0.4) is 0 Å². The molecule has 0 radical (unpaired) electrons. The highest BCUT2D eigenvalue weighted by Gasteiger charge is 2.48. The van der Waals surface area contributed by atoms with Gasteiger partial charge in [-0.05, 0) is 72.9 Å². The highest BCUT2D eigenvalue weighted by atomic mass is 19.4. The fourth-order valence-corrected chi connectivity index (χ4v) is 5.27. The second kappa shape index (κ2) is 15.4. The van der Waals surface area contributed by atoms with E-state index in [0.717, 1.165) is 12.1 Å². The predicted molar refractivity (Wildman–Crippen MR) is 176 cm³/mol. The van der Waals surface area contributed by atoms with Gasteiger partial charge in [0.05, 0.1) is 12.0 Å². The fourth-order valence-electron chi connectivity index (χ4n) is 5.27. The molecule has 0 aliphatic rings. The molecule has 3 N–H and O–H groups in total. The maximum Gasteiger partial charge on any atom is 0.416 e. The number of alkyl halides is 3. The Labute approximate surface area is 276 Å². The zero-order valence-corrected chi connectivity index (χ0v) is 26.7. The maximum absolute atomic E-state index is 13.3. The van der Waals surface area contributed by atoms with Crippen LogP contribution in [0.25, 0.3) is 11.1 Å². The smallest absolute Gasteiger partial charge is 0.416 e. The molecule has 0 unspecified atom stereocenters. The number of aryl methyl sites for hydroxylation is 1. The first-order valence-electron chi connectivity index (χ1n) is 15.4. The Morgan fingerprint density at radius 2 is 1.33 bits per heavy atom. The average molecular weight is 660 g/mol. The van der Waals surface area contributed by atoms with E-state index in [0.29, 0.717) is 33.5 Å². The van der Waals surface area contributed by atoms with Gasteiger partial charge >= 0.3 is 12.1 Å². The van der Waals surface area contributed by atoms with Crippen LogP contribution in [0.15, 0.2) is 97.1 Å². The van der Waals surface area contributed by atoms with E-state index in [1.54, 1.807) is 93.6 Å². The Bertz CT molecular complexity index is 1760. The molecule has 8 nitrogen and oxygen atoms in total. The molecule has 0 saturated heterocycles. The lowest BCUT2D eigenvalue weighted by Gasteiger charge is -2.31. The summed E-state index contributed by atoms with van der Waals surface area (Å²) in [5.74, 6) is -2.31. The van der Waals surface area contributed by atoms with Gasteiger partial charge in [-0.2, -0.15) is 13.2 Å². The maximum atomic E-state index is 13.3. The lowest BCUT2D eigenvalue weighted by Crippen LogP contribution is -2.57. The standard InChI is InChI=1S/C37H36F3N3O5/c1-4-41-34(46)36(35(47)42-5-2,27-11-7-6-8-12-27)23-48-32(44)22-25-15-20-31(24(3)21-25)43-33(45)30-14-10-9-13-29(30)26-16-18-28(19-17-26)37(38,39)40/h6-21H,4-5,22-23H2,1-3H3,(H,41,46)(H,42,47)(H,43,45). The van der Waals surface area contributed by atoms with Crippen molar-refractivity contribution in [1.29, 1.82) is 0 Å². The van der Waals surface area contributed by atoms with Gasteiger partial charge in [-0.25, -0.2) is 0 Å². The monoisotopic (exact) mass is 659 g/mol. The molecule has 48 heavy (non-hydrogen) atoms. The van der Waals surface area contributed by atoms with E-state index in [1.165, 1.54) is 12.1 Å². The molecule has 0 aromatic heterocycles. The van der Waals surface area contributed by atoms with Gasteiger partial charge in [0, 0.05) is 24.3 Å². The van der Waals surface area contributed by atoms with Crippen molar-refractivity contribution < 1.29 is 37.1 Å².